The van der Waals surface area contributed by atoms with Crippen molar-refractivity contribution < 1.29 is 0 Å². The van der Waals surface area contributed by atoms with Crippen LogP contribution >= 0.6 is 0 Å². The lowest BCUT2D eigenvalue weighted by Crippen LogP contribution is -2.59. The van der Waals surface area contributed by atoms with E-state index in [2.05, 4.69) is 25.7 Å². The fourth-order valence-corrected chi connectivity index (χ4v) is 4.16. The molecule has 0 radical (unpaired) electrons. The molecule has 2 heteroatoms. The summed E-state index contributed by atoms with van der Waals surface area (Å²) < 4.78 is 0. The molecule has 2 fully saturated rings. The van der Waals surface area contributed by atoms with E-state index in [9.17, 15) is 0 Å². The molecule has 16 heavy (non-hydrogen) atoms. The van der Waals surface area contributed by atoms with E-state index in [0.29, 0.717) is 5.54 Å². The van der Waals surface area contributed by atoms with Gasteiger partial charge >= 0.3 is 0 Å². The topological polar surface area (TPSA) is 29.3 Å². The minimum absolute atomic E-state index is 0.336. The van der Waals surface area contributed by atoms with Crippen LogP contribution in [-0.2, 0) is 0 Å². The summed E-state index contributed by atoms with van der Waals surface area (Å²) in [6.45, 7) is 10.6. The molecule has 2 nitrogen and oxygen atoms in total. The summed E-state index contributed by atoms with van der Waals surface area (Å²) >= 11 is 0. The van der Waals surface area contributed by atoms with Gasteiger partial charge in [0.2, 0.25) is 0 Å². The van der Waals surface area contributed by atoms with Gasteiger partial charge < -0.3 is 5.73 Å². The molecule has 0 bridgehead atoms. The van der Waals surface area contributed by atoms with Crippen molar-refractivity contribution in [1.29, 1.82) is 0 Å². The summed E-state index contributed by atoms with van der Waals surface area (Å²) in [5.74, 6) is 2.48. The van der Waals surface area contributed by atoms with Crippen molar-refractivity contribution >= 4 is 0 Å². The Hall–Kier alpha value is -0.0800. The van der Waals surface area contributed by atoms with E-state index in [1.807, 2.05) is 0 Å². The lowest BCUT2D eigenvalue weighted by atomic mass is 9.81. The van der Waals surface area contributed by atoms with E-state index in [1.165, 1.54) is 38.8 Å². The first kappa shape index (κ1) is 12.4. The number of hydrogen-bond acceptors (Lipinski definition) is 2. The molecule has 0 aromatic rings. The molecule has 1 saturated heterocycles. The highest BCUT2D eigenvalue weighted by Crippen LogP contribution is 2.42. The number of piperidine rings is 1. The maximum atomic E-state index is 6.14. The standard InChI is InChI=1S/C14H28N2/c1-11-7-12(2)9-16(8-11)14(10-15)6-4-5-13(14)3/h11-13H,4-10,15H2,1-3H3. The van der Waals surface area contributed by atoms with E-state index >= 15 is 0 Å². The molecule has 2 rings (SSSR count). The average Bonchev–Trinajstić information content (AvgIpc) is 2.59. The van der Waals surface area contributed by atoms with E-state index < -0.39 is 0 Å². The van der Waals surface area contributed by atoms with Gasteiger partial charge in [-0.25, -0.2) is 0 Å². The zero-order valence-corrected chi connectivity index (χ0v) is 11.2. The Kier molecular flexibility index (Phi) is 3.60. The van der Waals surface area contributed by atoms with Crippen LogP contribution in [0.15, 0.2) is 0 Å². The highest BCUT2D eigenvalue weighted by Gasteiger charge is 2.45. The zero-order chi connectivity index (χ0) is 11.8. The van der Waals surface area contributed by atoms with Gasteiger partial charge in [0.15, 0.2) is 0 Å². The molecule has 0 amide bonds. The predicted octanol–water partition coefficient (Wildman–Crippen LogP) is 2.48. The van der Waals surface area contributed by atoms with Crippen LogP contribution in [-0.4, -0.2) is 30.1 Å². The molecule has 0 spiro atoms. The molecule has 1 aliphatic carbocycles. The van der Waals surface area contributed by atoms with Gasteiger partial charge in [-0.2, -0.15) is 0 Å². The number of nitrogens with two attached hydrogens (primary N) is 1. The number of likely N-dealkylation sites (tertiary alicyclic amines) is 1. The highest BCUT2D eigenvalue weighted by molar-refractivity contribution is 5.01. The summed E-state index contributed by atoms with van der Waals surface area (Å²) in [6, 6.07) is 0. The molecule has 2 aliphatic rings. The van der Waals surface area contributed by atoms with Gasteiger partial charge in [-0.05, 0) is 37.0 Å². The molecule has 2 N–H and O–H groups in total. The van der Waals surface area contributed by atoms with Gasteiger partial charge in [0.25, 0.3) is 0 Å². The predicted molar refractivity (Wildman–Crippen MR) is 69.3 cm³/mol. The number of nitrogens with zero attached hydrogens (tertiary/aromatic N) is 1. The molecule has 94 valence electrons. The third kappa shape index (κ3) is 2.02. The van der Waals surface area contributed by atoms with Crippen LogP contribution in [0.25, 0.3) is 0 Å². The fraction of sp³-hybridized carbons (Fsp3) is 1.00. The summed E-state index contributed by atoms with van der Waals surface area (Å²) in [6.07, 6.45) is 5.46. The van der Waals surface area contributed by atoms with Crippen molar-refractivity contribution in [2.75, 3.05) is 19.6 Å². The second kappa shape index (κ2) is 4.66. The molecular formula is C14H28N2. The summed E-state index contributed by atoms with van der Waals surface area (Å²) in [7, 11) is 0. The molecule has 1 saturated carbocycles. The Morgan fingerprint density at radius 3 is 2.25 bits per heavy atom. The number of rotatable bonds is 2. The van der Waals surface area contributed by atoms with Crippen LogP contribution in [0.1, 0.15) is 46.5 Å². The van der Waals surface area contributed by atoms with Crippen LogP contribution in [0.2, 0.25) is 0 Å². The van der Waals surface area contributed by atoms with Gasteiger partial charge in [0.05, 0.1) is 0 Å². The SMILES string of the molecule is CC1CC(C)CN(C2(CN)CCCC2C)C1. The van der Waals surface area contributed by atoms with Crippen molar-refractivity contribution in [2.45, 2.75) is 52.0 Å². The molecule has 4 unspecified atom stereocenters. The first-order valence-electron chi connectivity index (χ1n) is 7.03. The minimum Gasteiger partial charge on any atom is -0.329 e. The van der Waals surface area contributed by atoms with Crippen molar-refractivity contribution in [3.05, 3.63) is 0 Å². The Morgan fingerprint density at radius 2 is 1.81 bits per heavy atom. The molecule has 4 atom stereocenters. The van der Waals surface area contributed by atoms with Gasteiger partial charge in [-0.3, -0.25) is 4.90 Å². The van der Waals surface area contributed by atoms with E-state index in [-0.39, 0.29) is 0 Å². The van der Waals surface area contributed by atoms with Crippen LogP contribution in [0.3, 0.4) is 0 Å². The van der Waals surface area contributed by atoms with Gasteiger partial charge in [-0.1, -0.05) is 27.2 Å². The molecule has 1 aliphatic heterocycles. The van der Waals surface area contributed by atoms with Crippen LogP contribution < -0.4 is 5.73 Å². The smallest absolute Gasteiger partial charge is 0.0357 e. The third-order valence-electron chi connectivity index (χ3n) is 5.02. The zero-order valence-electron chi connectivity index (χ0n) is 11.2. The molecular weight excluding hydrogens is 196 g/mol. The quantitative estimate of drug-likeness (QED) is 0.781. The maximum Gasteiger partial charge on any atom is 0.0357 e. The normalized spacial score (nSPS) is 46.1. The van der Waals surface area contributed by atoms with Crippen LogP contribution in [0.5, 0.6) is 0 Å². The fourth-order valence-electron chi connectivity index (χ4n) is 4.16. The first-order valence-corrected chi connectivity index (χ1v) is 7.03. The first-order chi connectivity index (χ1) is 7.58. The van der Waals surface area contributed by atoms with Crippen molar-refractivity contribution in [1.82, 2.24) is 4.90 Å². The Labute approximate surface area is 101 Å². The lowest BCUT2D eigenvalue weighted by molar-refractivity contribution is 0.00860. The molecule has 1 heterocycles. The average molecular weight is 224 g/mol. The largest absolute Gasteiger partial charge is 0.329 e. The van der Waals surface area contributed by atoms with E-state index in [1.54, 1.807) is 0 Å². The second-order valence-electron chi connectivity index (χ2n) is 6.45. The summed E-state index contributed by atoms with van der Waals surface area (Å²) in [5.41, 5.74) is 6.48. The van der Waals surface area contributed by atoms with Crippen LogP contribution in [0, 0.1) is 17.8 Å². The highest BCUT2D eigenvalue weighted by atomic mass is 15.2. The summed E-state index contributed by atoms with van der Waals surface area (Å²) in [5, 5.41) is 0. The summed E-state index contributed by atoms with van der Waals surface area (Å²) in [4.78, 5) is 2.74. The second-order valence-corrected chi connectivity index (χ2v) is 6.45. The Morgan fingerprint density at radius 1 is 1.19 bits per heavy atom. The van der Waals surface area contributed by atoms with Crippen molar-refractivity contribution in [2.24, 2.45) is 23.5 Å². The van der Waals surface area contributed by atoms with Crippen molar-refractivity contribution in [3.8, 4) is 0 Å². The number of hydrogen-bond donors (Lipinski definition) is 1. The maximum absolute atomic E-state index is 6.14. The minimum atomic E-state index is 0.336. The molecule has 0 aromatic heterocycles. The van der Waals surface area contributed by atoms with Crippen molar-refractivity contribution in [3.63, 3.8) is 0 Å². The van der Waals surface area contributed by atoms with E-state index in [0.717, 1.165) is 24.3 Å². The van der Waals surface area contributed by atoms with Gasteiger partial charge in [-0.15, -0.1) is 0 Å². The van der Waals surface area contributed by atoms with Crippen LogP contribution in [0.4, 0.5) is 0 Å². The monoisotopic (exact) mass is 224 g/mol. The molecule has 0 aromatic carbocycles. The third-order valence-corrected chi connectivity index (χ3v) is 5.02. The lowest BCUT2D eigenvalue weighted by Gasteiger charge is -2.49. The van der Waals surface area contributed by atoms with Gasteiger partial charge in [0.1, 0.15) is 0 Å². The Bertz CT molecular complexity index is 231. The van der Waals surface area contributed by atoms with E-state index in [4.69, 9.17) is 5.73 Å². The van der Waals surface area contributed by atoms with Gasteiger partial charge in [0, 0.05) is 25.2 Å². The Balaban J connectivity index is 2.14.